The predicted octanol–water partition coefficient (Wildman–Crippen LogP) is 4.51. The number of alkyl halides is 3. The van der Waals surface area contributed by atoms with Gasteiger partial charge in [-0.15, -0.1) is 0 Å². The minimum atomic E-state index is -4.36. The monoisotopic (exact) mass is 331 g/mol. The van der Waals surface area contributed by atoms with Gasteiger partial charge in [0.1, 0.15) is 0 Å². The van der Waals surface area contributed by atoms with Gasteiger partial charge in [-0.25, -0.2) is 0 Å². The van der Waals surface area contributed by atoms with E-state index in [-0.39, 0.29) is 0 Å². The number of halogens is 3. The van der Waals surface area contributed by atoms with E-state index >= 15 is 0 Å². The van der Waals surface area contributed by atoms with E-state index in [0.717, 1.165) is 28.9 Å². The summed E-state index contributed by atoms with van der Waals surface area (Å²) in [7, 11) is 0. The molecule has 1 aromatic heterocycles. The highest BCUT2D eigenvalue weighted by Crippen LogP contribution is 2.31. The van der Waals surface area contributed by atoms with Crippen LogP contribution in [0.4, 0.5) is 18.9 Å². The summed E-state index contributed by atoms with van der Waals surface area (Å²) in [6.07, 6.45) is -2.61. The molecule has 0 aliphatic rings. The van der Waals surface area contributed by atoms with Crippen LogP contribution in [-0.4, -0.2) is 9.78 Å². The van der Waals surface area contributed by atoms with Crippen molar-refractivity contribution in [2.75, 3.05) is 5.73 Å². The molecule has 0 fully saturated rings. The second kappa shape index (κ2) is 6.03. The molecular weight excluding hydrogens is 315 g/mol. The first-order chi connectivity index (χ1) is 11.3. The van der Waals surface area contributed by atoms with Crippen LogP contribution < -0.4 is 5.73 Å². The maximum absolute atomic E-state index is 12.8. The molecule has 0 saturated carbocycles. The van der Waals surface area contributed by atoms with Crippen molar-refractivity contribution in [3.05, 3.63) is 71.4 Å². The van der Waals surface area contributed by atoms with Crippen LogP contribution in [0.1, 0.15) is 16.7 Å². The molecular formula is C18H16F3N3. The van der Waals surface area contributed by atoms with Crippen molar-refractivity contribution >= 4 is 5.69 Å². The van der Waals surface area contributed by atoms with Crippen LogP contribution in [0.15, 0.2) is 54.7 Å². The summed E-state index contributed by atoms with van der Waals surface area (Å²) in [5.41, 5.74) is 8.81. The van der Waals surface area contributed by atoms with Gasteiger partial charge in [0.2, 0.25) is 0 Å². The van der Waals surface area contributed by atoms with Gasteiger partial charge in [-0.3, -0.25) is 4.68 Å². The molecule has 3 rings (SSSR count). The summed E-state index contributed by atoms with van der Waals surface area (Å²) in [4.78, 5) is 0. The average molecular weight is 331 g/mol. The lowest BCUT2D eigenvalue weighted by Crippen LogP contribution is -2.04. The number of aryl methyl sites for hydroxylation is 1. The SMILES string of the molecule is Cc1cc(Cn2ccc(-c3cccc(C(F)(F)F)c3)n2)ccc1N. The van der Waals surface area contributed by atoms with Crippen molar-refractivity contribution in [3.63, 3.8) is 0 Å². The highest BCUT2D eigenvalue weighted by molar-refractivity contribution is 5.59. The standard InChI is InChI=1S/C18H16F3N3/c1-12-9-13(5-6-16(12)22)11-24-8-7-17(23-24)14-3-2-4-15(10-14)18(19,20)21/h2-10H,11,22H2,1H3. The number of benzene rings is 2. The molecule has 2 aromatic carbocycles. The summed E-state index contributed by atoms with van der Waals surface area (Å²) in [5, 5.41) is 4.37. The van der Waals surface area contributed by atoms with Crippen LogP contribution in [0.5, 0.6) is 0 Å². The van der Waals surface area contributed by atoms with Gasteiger partial charge in [0.15, 0.2) is 0 Å². The zero-order valence-corrected chi connectivity index (χ0v) is 13.0. The quantitative estimate of drug-likeness (QED) is 0.718. The third-order valence-corrected chi connectivity index (χ3v) is 3.81. The summed E-state index contributed by atoms with van der Waals surface area (Å²) in [6, 6.07) is 12.6. The van der Waals surface area contributed by atoms with E-state index in [4.69, 9.17) is 5.73 Å². The Bertz CT molecular complexity index is 866. The van der Waals surface area contributed by atoms with E-state index in [0.29, 0.717) is 17.8 Å². The molecule has 124 valence electrons. The van der Waals surface area contributed by atoms with Crippen molar-refractivity contribution < 1.29 is 13.2 Å². The average Bonchev–Trinajstić information content (AvgIpc) is 2.99. The molecule has 3 aromatic rings. The lowest BCUT2D eigenvalue weighted by molar-refractivity contribution is -0.137. The van der Waals surface area contributed by atoms with Crippen LogP contribution in [0, 0.1) is 6.92 Å². The van der Waals surface area contributed by atoms with Crippen molar-refractivity contribution in [2.24, 2.45) is 0 Å². The van der Waals surface area contributed by atoms with Gasteiger partial charge in [-0.2, -0.15) is 18.3 Å². The third-order valence-electron chi connectivity index (χ3n) is 3.81. The normalized spacial score (nSPS) is 11.7. The predicted molar refractivity (Wildman–Crippen MR) is 87.4 cm³/mol. The van der Waals surface area contributed by atoms with Gasteiger partial charge in [0.05, 0.1) is 17.8 Å². The van der Waals surface area contributed by atoms with Gasteiger partial charge in [0, 0.05) is 17.4 Å². The van der Waals surface area contributed by atoms with Gasteiger partial charge in [0.25, 0.3) is 0 Å². The Balaban J connectivity index is 1.84. The first-order valence-electron chi connectivity index (χ1n) is 7.39. The minimum absolute atomic E-state index is 0.442. The molecule has 2 N–H and O–H groups in total. The van der Waals surface area contributed by atoms with Crippen LogP contribution in [0.3, 0.4) is 0 Å². The van der Waals surface area contributed by atoms with E-state index in [1.165, 1.54) is 6.07 Å². The highest BCUT2D eigenvalue weighted by atomic mass is 19.4. The zero-order chi connectivity index (χ0) is 17.3. The molecule has 6 heteroatoms. The number of nitrogen functional groups attached to an aromatic ring is 1. The summed E-state index contributed by atoms with van der Waals surface area (Å²) < 4.78 is 40.1. The van der Waals surface area contributed by atoms with E-state index < -0.39 is 11.7 Å². The molecule has 0 saturated heterocycles. The zero-order valence-electron chi connectivity index (χ0n) is 13.0. The molecule has 0 bridgehead atoms. The van der Waals surface area contributed by atoms with Crippen molar-refractivity contribution in [1.29, 1.82) is 0 Å². The molecule has 0 radical (unpaired) electrons. The second-order valence-corrected chi connectivity index (χ2v) is 5.67. The van der Waals surface area contributed by atoms with Crippen molar-refractivity contribution in [2.45, 2.75) is 19.6 Å². The molecule has 24 heavy (non-hydrogen) atoms. The fraction of sp³-hybridized carbons (Fsp3) is 0.167. The van der Waals surface area contributed by atoms with Gasteiger partial charge < -0.3 is 5.73 Å². The van der Waals surface area contributed by atoms with Crippen LogP contribution in [0.25, 0.3) is 11.3 Å². The molecule has 0 spiro atoms. The fourth-order valence-electron chi connectivity index (χ4n) is 2.48. The molecule has 1 heterocycles. The van der Waals surface area contributed by atoms with Crippen LogP contribution >= 0.6 is 0 Å². The Morgan fingerprint density at radius 3 is 2.58 bits per heavy atom. The summed E-state index contributed by atoms with van der Waals surface area (Å²) in [5.74, 6) is 0. The number of aromatic nitrogens is 2. The third kappa shape index (κ3) is 3.42. The van der Waals surface area contributed by atoms with Gasteiger partial charge in [-0.05, 0) is 42.3 Å². The lowest BCUT2D eigenvalue weighted by atomic mass is 10.1. The highest BCUT2D eigenvalue weighted by Gasteiger charge is 2.30. The smallest absolute Gasteiger partial charge is 0.399 e. The Morgan fingerprint density at radius 1 is 1.08 bits per heavy atom. The number of hydrogen-bond donors (Lipinski definition) is 1. The summed E-state index contributed by atoms with van der Waals surface area (Å²) in [6.45, 7) is 2.45. The number of nitrogens with two attached hydrogens (primary N) is 1. The van der Waals surface area contributed by atoms with E-state index in [1.807, 2.05) is 25.1 Å². The number of rotatable bonds is 3. The second-order valence-electron chi connectivity index (χ2n) is 5.67. The Labute approximate surface area is 137 Å². The largest absolute Gasteiger partial charge is 0.416 e. The first kappa shape index (κ1) is 16.1. The molecule has 0 unspecified atom stereocenters. The van der Waals surface area contributed by atoms with Gasteiger partial charge >= 0.3 is 6.18 Å². The Hall–Kier alpha value is -2.76. The van der Waals surface area contributed by atoms with Crippen LogP contribution in [0.2, 0.25) is 0 Å². The number of anilines is 1. The minimum Gasteiger partial charge on any atom is -0.399 e. The van der Waals surface area contributed by atoms with Crippen LogP contribution in [-0.2, 0) is 12.7 Å². The van der Waals surface area contributed by atoms with Crippen molar-refractivity contribution in [1.82, 2.24) is 9.78 Å². The summed E-state index contributed by atoms with van der Waals surface area (Å²) >= 11 is 0. The number of nitrogens with zero attached hydrogens (tertiary/aromatic N) is 2. The Kier molecular flexibility index (Phi) is 4.05. The maximum atomic E-state index is 12.8. The molecule has 3 nitrogen and oxygen atoms in total. The molecule has 0 atom stereocenters. The van der Waals surface area contributed by atoms with E-state index in [2.05, 4.69) is 5.10 Å². The molecule has 0 aliphatic carbocycles. The van der Waals surface area contributed by atoms with E-state index in [9.17, 15) is 13.2 Å². The van der Waals surface area contributed by atoms with Gasteiger partial charge in [-0.1, -0.05) is 24.3 Å². The van der Waals surface area contributed by atoms with E-state index in [1.54, 1.807) is 23.0 Å². The topological polar surface area (TPSA) is 43.8 Å². The molecule has 0 amide bonds. The molecule has 0 aliphatic heterocycles. The Morgan fingerprint density at radius 2 is 1.88 bits per heavy atom. The number of hydrogen-bond acceptors (Lipinski definition) is 2. The van der Waals surface area contributed by atoms with Crippen molar-refractivity contribution in [3.8, 4) is 11.3 Å². The first-order valence-corrected chi connectivity index (χ1v) is 7.39. The maximum Gasteiger partial charge on any atom is 0.416 e. The lowest BCUT2D eigenvalue weighted by Gasteiger charge is -2.07. The fourth-order valence-corrected chi connectivity index (χ4v) is 2.48.